The second-order valence-electron chi connectivity index (χ2n) is 10.6. The van der Waals surface area contributed by atoms with E-state index in [-0.39, 0.29) is 47.4 Å². The van der Waals surface area contributed by atoms with Gasteiger partial charge in [0, 0.05) is 24.7 Å². The van der Waals surface area contributed by atoms with Gasteiger partial charge in [0.2, 0.25) is 5.88 Å². The van der Waals surface area contributed by atoms with Gasteiger partial charge in [0.25, 0.3) is 0 Å². The first-order valence-electron chi connectivity index (χ1n) is 14.0. The molecular weight excluding hydrogens is 560 g/mol. The number of hydrogen-bond donors (Lipinski definition) is 1. The van der Waals surface area contributed by atoms with Gasteiger partial charge in [-0.1, -0.05) is 6.07 Å². The second kappa shape index (κ2) is 11.2. The zero-order chi connectivity index (χ0) is 29.5. The molecule has 43 heavy (non-hydrogen) atoms. The van der Waals surface area contributed by atoms with E-state index in [1.165, 1.54) is 6.07 Å². The maximum Gasteiger partial charge on any atom is 0.335 e. The first kappa shape index (κ1) is 27.2. The normalized spacial score (nSPS) is 16.2. The zero-order valence-corrected chi connectivity index (χ0v) is 23.0. The molecule has 0 saturated carbocycles. The van der Waals surface area contributed by atoms with Gasteiger partial charge in [-0.25, -0.2) is 23.5 Å². The monoisotopic (exact) mass is 587 g/mol. The summed E-state index contributed by atoms with van der Waals surface area (Å²) in [5.74, 6) is -1.56. The molecule has 0 radical (unpaired) electrons. The van der Waals surface area contributed by atoms with Crippen molar-refractivity contribution in [1.82, 2.24) is 24.3 Å². The van der Waals surface area contributed by atoms with Crippen LogP contribution in [-0.2, 0) is 42.2 Å². The van der Waals surface area contributed by atoms with Gasteiger partial charge in [0.05, 0.1) is 60.4 Å². The summed E-state index contributed by atoms with van der Waals surface area (Å²) >= 11 is 0. The number of halogens is 2. The highest BCUT2D eigenvalue weighted by Crippen LogP contribution is 2.29. The summed E-state index contributed by atoms with van der Waals surface area (Å²) in [5, 5.41) is 14.0. The van der Waals surface area contributed by atoms with Crippen molar-refractivity contribution in [2.45, 2.75) is 45.2 Å². The Kier molecular flexibility index (Phi) is 7.07. The number of hydrogen-bond acceptors (Lipinski definition) is 7. The Bertz CT molecular complexity index is 1820. The standard InChI is InChI=1S/C31H27F2N5O5/c32-24-14-23(26-2-1-3-30(35-26)43-16-20-13-21-17-41-9-7-38(21)36-20)25(33)10-19(24)12-29-34-27-5-4-18(31(39)40)11-28(27)37(29)15-22-6-8-42-22/h1-5,10-11,13-14,22H,6-9,12,15-17H2,(H,39,40). The second-order valence-corrected chi connectivity index (χ2v) is 10.6. The molecular formula is C31H27F2N5O5. The molecule has 3 aromatic heterocycles. The first-order valence-corrected chi connectivity index (χ1v) is 14.0. The van der Waals surface area contributed by atoms with Crippen LogP contribution >= 0.6 is 0 Å². The molecule has 10 nitrogen and oxygen atoms in total. The Morgan fingerprint density at radius 2 is 1.95 bits per heavy atom. The molecule has 5 aromatic rings. The molecule has 5 heterocycles. The van der Waals surface area contributed by atoms with Crippen LogP contribution in [0.2, 0.25) is 0 Å². The van der Waals surface area contributed by atoms with Gasteiger partial charge >= 0.3 is 5.97 Å². The van der Waals surface area contributed by atoms with Crippen molar-refractivity contribution >= 4 is 17.0 Å². The number of carboxylic acids is 1. The van der Waals surface area contributed by atoms with Gasteiger partial charge in [-0.05, 0) is 54.4 Å². The van der Waals surface area contributed by atoms with Gasteiger partial charge in [-0.2, -0.15) is 5.10 Å². The fourth-order valence-electron chi connectivity index (χ4n) is 5.38. The van der Waals surface area contributed by atoms with Crippen LogP contribution in [0.1, 0.15) is 39.6 Å². The Hall–Kier alpha value is -4.68. The molecule has 1 saturated heterocycles. The number of fused-ring (bicyclic) bond motifs is 2. The minimum absolute atomic E-state index is 0.00307. The molecule has 12 heteroatoms. The summed E-state index contributed by atoms with van der Waals surface area (Å²) in [4.78, 5) is 20.6. The molecule has 2 aromatic carbocycles. The Morgan fingerprint density at radius 3 is 2.74 bits per heavy atom. The topological polar surface area (TPSA) is 114 Å². The lowest BCUT2D eigenvalue weighted by molar-refractivity contribution is -0.0589. The highest BCUT2D eigenvalue weighted by molar-refractivity contribution is 5.92. The van der Waals surface area contributed by atoms with Crippen molar-refractivity contribution in [3.8, 4) is 17.1 Å². The molecule has 1 atom stereocenters. The number of rotatable bonds is 9. The van der Waals surface area contributed by atoms with E-state index in [0.717, 1.165) is 29.9 Å². The van der Waals surface area contributed by atoms with E-state index >= 15 is 8.78 Å². The molecule has 7 rings (SSSR count). The lowest BCUT2D eigenvalue weighted by Crippen LogP contribution is -2.31. The van der Waals surface area contributed by atoms with Gasteiger partial charge in [-0.3, -0.25) is 4.68 Å². The summed E-state index contributed by atoms with van der Waals surface area (Å²) in [5.41, 5.74) is 3.34. The minimum atomic E-state index is -1.06. The van der Waals surface area contributed by atoms with E-state index in [0.29, 0.717) is 49.8 Å². The van der Waals surface area contributed by atoms with E-state index in [1.54, 1.807) is 30.3 Å². The predicted octanol–water partition coefficient (Wildman–Crippen LogP) is 4.76. The van der Waals surface area contributed by atoms with Crippen molar-refractivity contribution in [2.24, 2.45) is 0 Å². The molecule has 220 valence electrons. The third kappa shape index (κ3) is 5.46. The number of pyridine rings is 1. The average molecular weight is 588 g/mol. The molecule has 1 unspecified atom stereocenters. The van der Waals surface area contributed by atoms with Crippen molar-refractivity contribution in [2.75, 3.05) is 13.2 Å². The summed E-state index contributed by atoms with van der Waals surface area (Å²) in [6.45, 7) is 3.05. The summed E-state index contributed by atoms with van der Waals surface area (Å²) < 4.78 is 51.5. The zero-order valence-electron chi connectivity index (χ0n) is 23.0. The van der Waals surface area contributed by atoms with Crippen molar-refractivity contribution in [1.29, 1.82) is 0 Å². The average Bonchev–Trinajstić information content (AvgIpc) is 3.55. The first-order chi connectivity index (χ1) is 20.9. The number of aromatic carboxylic acids is 1. The molecule has 1 N–H and O–H groups in total. The fraction of sp³-hybridized carbons (Fsp3) is 0.290. The van der Waals surface area contributed by atoms with Gasteiger partial charge in [-0.15, -0.1) is 0 Å². The van der Waals surface area contributed by atoms with Gasteiger partial charge < -0.3 is 23.9 Å². The van der Waals surface area contributed by atoms with Crippen LogP contribution in [0.3, 0.4) is 0 Å². The van der Waals surface area contributed by atoms with Crippen LogP contribution in [-0.4, -0.2) is 54.7 Å². The highest BCUT2D eigenvalue weighted by Gasteiger charge is 2.24. The number of benzene rings is 2. The lowest BCUT2D eigenvalue weighted by Gasteiger charge is -2.27. The van der Waals surface area contributed by atoms with E-state index in [2.05, 4.69) is 15.1 Å². The van der Waals surface area contributed by atoms with Crippen LogP contribution in [0.15, 0.2) is 54.6 Å². The number of carbonyl (C=O) groups is 1. The van der Waals surface area contributed by atoms with Crippen molar-refractivity contribution in [3.05, 3.63) is 94.6 Å². The largest absolute Gasteiger partial charge is 0.478 e. The summed E-state index contributed by atoms with van der Waals surface area (Å²) in [6, 6.07) is 13.8. The van der Waals surface area contributed by atoms with E-state index in [1.807, 2.05) is 15.3 Å². The van der Waals surface area contributed by atoms with E-state index in [9.17, 15) is 9.90 Å². The quantitative estimate of drug-likeness (QED) is 0.263. The van der Waals surface area contributed by atoms with E-state index < -0.39 is 17.6 Å². The predicted molar refractivity (Wildman–Crippen MR) is 150 cm³/mol. The van der Waals surface area contributed by atoms with Gasteiger partial charge in [0.15, 0.2) is 0 Å². The Labute approximate surface area is 244 Å². The molecule has 0 amide bonds. The number of aromatic nitrogens is 5. The van der Waals surface area contributed by atoms with Crippen LogP contribution < -0.4 is 4.74 Å². The summed E-state index contributed by atoms with van der Waals surface area (Å²) in [7, 11) is 0. The molecule has 1 fully saturated rings. The van der Waals surface area contributed by atoms with Crippen LogP contribution in [0.5, 0.6) is 5.88 Å². The van der Waals surface area contributed by atoms with Crippen molar-refractivity contribution < 1.29 is 32.9 Å². The van der Waals surface area contributed by atoms with Crippen LogP contribution in [0.4, 0.5) is 8.78 Å². The third-order valence-corrected chi connectivity index (χ3v) is 7.72. The number of ether oxygens (including phenoxy) is 3. The molecule has 0 spiro atoms. The SMILES string of the molecule is O=C(O)c1ccc2nc(Cc3cc(F)c(-c4cccc(OCc5cc6n(n5)CCOC6)n4)cc3F)n(CC3CCO3)c2c1. The minimum Gasteiger partial charge on any atom is -0.478 e. The molecule has 0 bridgehead atoms. The third-order valence-electron chi connectivity index (χ3n) is 7.72. The number of nitrogens with zero attached hydrogens (tertiary/aromatic N) is 5. The van der Waals surface area contributed by atoms with E-state index in [4.69, 9.17) is 14.2 Å². The lowest BCUT2D eigenvalue weighted by atomic mass is 10.0. The molecule has 2 aliphatic rings. The van der Waals surface area contributed by atoms with Crippen molar-refractivity contribution in [3.63, 3.8) is 0 Å². The fourth-order valence-corrected chi connectivity index (χ4v) is 5.38. The number of imidazole rings is 1. The maximum atomic E-state index is 15.5. The number of carboxylic acid groups (broad SMARTS) is 1. The summed E-state index contributed by atoms with van der Waals surface area (Å²) in [6.07, 6.45) is 0.801. The Morgan fingerprint density at radius 1 is 1.07 bits per heavy atom. The van der Waals surface area contributed by atoms with Crippen LogP contribution in [0, 0.1) is 11.6 Å². The maximum absolute atomic E-state index is 15.5. The molecule has 0 aliphatic carbocycles. The smallest absolute Gasteiger partial charge is 0.335 e. The Balaban J connectivity index is 1.13. The van der Waals surface area contributed by atoms with Gasteiger partial charge in [0.1, 0.15) is 29.8 Å². The van der Waals surface area contributed by atoms with Crippen LogP contribution in [0.25, 0.3) is 22.3 Å². The molecule has 2 aliphatic heterocycles. The highest BCUT2D eigenvalue weighted by atomic mass is 19.1.